The minimum absolute atomic E-state index is 0.148. The summed E-state index contributed by atoms with van der Waals surface area (Å²) in [7, 11) is -2.47. The fraction of sp³-hybridized carbons (Fsp3) is 0.417. The number of hydrogen-bond acceptors (Lipinski definition) is 3. The van der Waals surface area contributed by atoms with E-state index in [4.69, 9.17) is 0 Å². The number of nitrogens with zero attached hydrogens (tertiary/aromatic N) is 1. The Balaban J connectivity index is 2.79. The minimum Gasteiger partial charge on any atom is -0.744 e. The maximum Gasteiger partial charge on any atom is 0.212 e. The van der Waals surface area contributed by atoms with Crippen LogP contribution in [0.5, 0.6) is 0 Å². The Labute approximate surface area is 101 Å². The summed E-state index contributed by atoms with van der Waals surface area (Å²) in [5.41, 5.74) is 2.42. The topological polar surface area (TPSA) is 60.2 Å². The monoisotopic (exact) mass is 253 g/mol. The summed E-state index contributed by atoms with van der Waals surface area (Å²) in [6.45, 7) is 5.81. The first-order valence-electron chi connectivity index (χ1n) is 5.33. The Bertz CT molecular complexity index is 627. The molecule has 0 aliphatic carbocycles. The number of aryl methyl sites for hydroxylation is 1. The van der Waals surface area contributed by atoms with E-state index >= 15 is 0 Å². The first kappa shape index (κ1) is 12.3. The number of rotatable bonds is 1. The molecule has 92 valence electrons. The Hall–Kier alpha value is -1.20. The van der Waals surface area contributed by atoms with E-state index in [2.05, 4.69) is 0 Å². The zero-order chi connectivity index (χ0) is 13.0. The molecule has 0 saturated carbocycles. The van der Waals surface area contributed by atoms with Crippen LogP contribution in [0.25, 0.3) is 0 Å². The first-order chi connectivity index (χ1) is 7.63. The summed E-state index contributed by atoms with van der Waals surface area (Å²) >= 11 is 0. The van der Waals surface area contributed by atoms with Crippen LogP contribution >= 0.6 is 0 Å². The minimum atomic E-state index is -4.40. The van der Waals surface area contributed by atoms with Crippen LogP contribution in [-0.2, 0) is 15.5 Å². The van der Waals surface area contributed by atoms with E-state index in [0.29, 0.717) is 0 Å². The van der Waals surface area contributed by atoms with Crippen LogP contribution in [0.2, 0.25) is 0 Å². The molecule has 1 heterocycles. The van der Waals surface area contributed by atoms with Gasteiger partial charge in [0, 0.05) is 11.1 Å². The molecule has 17 heavy (non-hydrogen) atoms. The van der Waals surface area contributed by atoms with Gasteiger partial charge in [0.25, 0.3) is 0 Å². The normalized spacial score (nSPS) is 17.8. The van der Waals surface area contributed by atoms with Crippen molar-refractivity contribution in [2.45, 2.75) is 31.1 Å². The standard InChI is InChI=1S/C12H15NO3S/c1-8-5-9(17(14,15)16)6-10-11(8)13(4)7-12(10,2)3/h5-7H,1-4H3. The Morgan fingerprint density at radius 2 is 1.88 bits per heavy atom. The molecule has 0 fully saturated rings. The third-order valence-corrected chi connectivity index (χ3v) is 3.94. The summed E-state index contributed by atoms with van der Waals surface area (Å²) in [4.78, 5) is -0.148. The molecule has 0 spiro atoms. The van der Waals surface area contributed by atoms with Gasteiger partial charge < -0.3 is 4.55 Å². The van der Waals surface area contributed by atoms with Gasteiger partial charge in [0.2, 0.25) is 5.69 Å². The average Bonchev–Trinajstić information content (AvgIpc) is 2.35. The lowest BCUT2D eigenvalue weighted by atomic mass is 9.86. The van der Waals surface area contributed by atoms with Gasteiger partial charge in [-0.05, 0) is 32.9 Å². The quantitative estimate of drug-likeness (QED) is 0.563. The molecule has 2 rings (SSSR count). The third-order valence-electron chi connectivity index (χ3n) is 3.13. The van der Waals surface area contributed by atoms with Crippen molar-refractivity contribution in [3.63, 3.8) is 0 Å². The van der Waals surface area contributed by atoms with Crippen molar-refractivity contribution in [1.29, 1.82) is 0 Å². The van der Waals surface area contributed by atoms with E-state index in [-0.39, 0.29) is 10.3 Å². The molecule has 0 saturated heterocycles. The smallest absolute Gasteiger partial charge is 0.212 e. The molecule has 1 aliphatic rings. The fourth-order valence-corrected chi connectivity index (χ4v) is 3.05. The molecule has 1 aliphatic heterocycles. The van der Waals surface area contributed by atoms with E-state index in [1.807, 2.05) is 38.6 Å². The van der Waals surface area contributed by atoms with E-state index < -0.39 is 10.1 Å². The number of benzene rings is 1. The second kappa shape index (κ2) is 3.40. The summed E-state index contributed by atoms with van der Waals surface area (Å²) in [5, 5.41) is 0. The van der Waals surface area contributed by atoms with Crippen LogP contribution in [-0.4, -0.2) is 30.8 Å². The lowest BCUT2D eigenvalue weighted by molar-refractivity contribution is -0.397. The van der Waals surface area contributed by atoms with Gasteiger partial charge in [0.15, 0.2) is 6.21 Å². The van der Waals surface area contributed by atoms with Crippen LogP contribution in [0.3, 0.4) is 0 Å². The lowest BCUT2D eigenvalue weighted by Crippen LogP contribution is -2.16. The highest BCUT2D eigenvalue weighted by Crippen LogP contribution is 2.39. The molecule has 0 atom stereocenters. The van der Waals surface area contributed by atoms with Crippen LogP contribution < -0.4 is 0 Å². The largest absolute Gasteiger partial charge is 0.744 e. The molecule has 0 radical (unpaired) electrons. The molecule has 1 aromatic carbocycles. The summed E-state index contributed by atoms with van der Waals surface area (Å²) in [6.07, 6.45) is 2.02. The van der Waals surface area contributed by atoms with Gasteiger partial charge in [-0.25, -0.2) is 13.0 Å². The maximum atomic E-state index is 11.1. The van der Waals surface area contributed by atoms with E-state index in [9.17, 15) is 13.0 Å². The van der Waals surface area contributed by atoms with E-state index in [1.165, 1.54) is 12.1 Å². The van der Waals surface area contributed by atoms with Gasteiger partial charge in [0.1, 0.15) is 17.2 Å². The molecule has 0 unspecified atom stereocenters. The summed E-state index contributed by atoms with van der Waals surface area (Å²) in [6, 6.07) is 2.93. The second-order valence-electron chi connectivity index (χ2n) is 5.05. The van der Waals surface area contributed by atoms with Crippen molar-refractivity contribution in [2.75, 3.05) is 7.05 Å². The molecular formula is C12H15NO3S. The predicted octanol–water partition coefficient (Wildman–Crippen LogP) is 1.53. The van der Waals surface area contributed by atoms with E-state index in [1.54, 1.807) is 0 Å². The van der Waals surface area contributed by atoms with Crippen LogP contribution in [0, 0.1) is 6.92 Å². The maximum absolute atomic E-state index is 11.1. The van der Waals surface area contributed by atoms with Crippen LogP contribution in [0.1, 0.15) is 25.0 Å². The van der Waals surface area contributed by atoms with Crippen LogP contribution in [0.4, 0.5) is 5.69 Å². The van der Waals surface area contributed by atoms with Crippen molar-refractivity contribution < 1.29 is 17.5 Å². The molecule has 5 heteroatoms. The lowest BCUT2D eigenvalue weighted by Gasteiger charge is -2.15. The van der Waals surface area contributed by atoms with Crippen molar-refractivity contribution in [3.05, 3.63) is 23.3 Å². The van der Waals surface area contributed by atoms with Gasteiger partial charge in [-0.2, -0.15) is 0 Å². The van der Waals surface area contributed by atoms with Gasteiger partial charge >= 0.3 is 0 Å². The van der Waals surface area contributed by atoms with Crippen molar-refractivity contribution >= 4 is 22.0 Å². The molecule has 0 aromatic heterocycles. The molecule has 0 amide bonds. The van der Waals surface area contributed by atoms with Gasteiger partial charge in [0.05, 0.1) is 10.3 Å². The molecule has 0 N–H and O–H groups in total. The van der Waals surface area contributed by atoms with Crippen molar-refractivity contribution in [1.82, 2.24) is 0 Å². The summed E-state index contributed by atoms with van der Waals surface area (Å²) in [5.74, 6) is 0. The van der Waals surface area contributed by atoms with Gasteiger partial charge in [-0.1, -0.05) is 0 Å². The highest BCUT2D eigenvalue weighted by molar-refractivity contribution is 7.85. The Kier molecular flexibility index (Phi) is 2.45. The average molecular weight is 253 g/mol. The fourth-order valence-electron chi connectivity index (χ4n) is 2.47. The SMILES string of the molecule is Cc1cc(S(=O)(=O)[O-])cc2c1[N+](C)=CC2(C)C. The third kappa shape index (κ3) is 1.89. The second-order valence-corrected chi connectivity index (χ2v) is 6.43. The molecule has 4 nitrogen and oxygen atoms in total. The summed E-state index contributed by atoms with van der Waals surface area (Å²) < 4.78 is 35.3. The van der Waals surface area contributed by atoms with Crippen LogP contribution in [0.15, 0.2) is 17.0 Å². The molecule has 0 bridgehead atoms. The van der Waals surface area contributed by atoms with E-state index in [0.717, 1.165) is 16.8 Å². The Morgan fingerprint density at radius 3 is 2.41 bits per heavy atom. The molecule has 1 aromatic rings. The number of fused-ring (bicyclic) bond motifs is 1. The first-order valence-corrected chi connectivity index (χ1v) is 6.73. The predicted molar refractivity (Wildman–Crippen MR) is 64.1 cm³/mol. The van der Waals surface area contributed by atoms with Crippen molar-refractivity contribution in [3.8, 4) is 0 Å². The van der Waals surface area contributed by atoms with Crippen molar-refractivity contribution in [2.24, 2.45) is 0 Å². The van der Waals surface area contributed by atoms with Gasteiger partial charge in [-0.3, -0.25) is 0 Å². The molecular weight excluding hydrogens is 238 g/mol. The number of hydrogen-bond donors (Lipinski definition) is 0. The Morgan fingerprint density at radius 1 is 1.29 bits per heavy atom. The highest BCUT2D eigenvalue weighted by atomic mass is 32.2. The zero-order valence-electron chi connectivity index (χ0n) is 10.3. The van der Waals surface area contributed by atoms with Gasteiger partial charge in [-0.15, -0.1) is 0 Å². The zero-order valence-corrected chi connectivity index (χ0v) is 11.1. The highest BCUT2D eigenvalue weighted by Gasteiger charge is 2.37.